The number of rotatable bonds is 7. The summed E-state index contributed by atoms with van der Waals surface area (Å²) in [7, 11) is 0. The summed E-state index contributed by atoms with van der Waals surface area (Å²) >= 11 is 1.42. The first kappa shape index (κ1) is 19.7. The van der Waals surface area contributed by atoms with Gasteiger partial charge in [0, 0.05) is 19.1 Å². The van der Waals surface area contributed by atoms with E-state index in [1.807, 2.05) is 26.0 Å². The van der Waals surface area contributed by atoms with Crippen molar-refractivity contribution in [3.8, 4) is 5.69 Å². The van der Waals surface area contributed by atoms with E-state index in [1.165, 1.54) is 17.3 Å². The second-order valence-corrected chi connectivity index (χ2v) is 7.65. The predicted molar refractivity (Wildman–Crippen MR) is 108 cm³/mol. The molecule has 1 aliphatic heterocycles. The highest BCUT2D eigenvalue weighted by molar-refractivity contribution is 7.99. The van der Waals surface area contributed by atoms with Crippen molar-refractivity contribution in [3.05, 3.63) is 29.8 Å². The summed E-state index contributed by atoms with van der Waals surface area (Å²) in [5.41, 5.74) is 2.29. The number of thioether (sulfide) groups is 1. The number of ether oxygens (including phenoxy) is 1. The van der Waals surface area contributed by atoms with E-state index >= 15 is 0 Å². The van der Waals surface area contributed by atoms with E-state index in [2.05, 4.69) is 44.0 Å². The fourth-order valence-electron chi connectivity index (χ4n) is 3.06. The first-order valence-corrected chi connectivity index (χ1v) is 10.4. The largest absolute Gasteiger partial charge is 0.378 e. The Kier molecular flexibility index (Phi) is 6.73. The average Bonchev–Trinajstić information content (AvgIpc) is 3.10. The molecule has 0 unspecified atom stereocenters. The van der Waals surface area contributed by atoms with E-state index < -0.39 is 0 Å². The second-order valence-electron chi connectivity index (χ2n) is 6.71. The molecule has 1 N–H and O–H groups in total. The lowest BCUT2D eigenvalue weighted by Gasteiger charge is -2.28. The average molecular weight is 390 g/mol. The lowest BCUT2D eigenvalue weighted by atomic mass is 10.1. The number of carbonyl (C=O) groups is 1. The molecule has 0 radical (unpaired) electrons. The van der Waals surface area contributed by atoms with Crippen molar-refractivity contribution in [2.45, 2.75) is 38.4 Å². The fraction of sp³-hybridized carbons (Fsp3) is 0.526. The van der Waals surface area contributed by atoms with Gasteiger partial charge in [0.1, 0.15) is 0 Å². The van der Waals surface area contributed by atoms with Gasteiger partial charge >= 0.3 is 0 Å². The van der Waals surface area contributed by atoms with Gasteiger partial charge in [0.25, 0.3) is 0 Å². The molecule has 0 spiro atoms. The number of nitrogens with zero attached hydrogens (tertiary/aromatic N) is 4. The Morgan fingerprint density at radius 1 is 1.26 bits per heavy atom. The molecule has 3 rings (SSSR count). The van der Waals surface area contributed by atoms with Crippen LogP contribution in [0, 0.1) is 0 Å². The van der Waals surface area contributed by atoms with Gasteiger partial charge in [-0.05, 0) is 31.9 Å². The van der Waals surface area contributed by atoms with E-state index in [-0.39, 0.29) is 11.9 Å². The first-order valence-electron chi connectivity index (χ1n) is 9.38. The zero-order valence-corrected chi connectivity index (χ0v) is 17.0. The van der Waals surface area contributed by atoms with Crippen LogP contribution in [0.2, 0.25) is 0 Å². The number of hydrogen-bond donors (Lipinski definition) is 1. The Bertz CT molecular complexity index is 771. The van der Waals surface area contributed by atoms with Crippen LogP contribution < -0.4 is 10.2 Å². The van der Waals surface area contributed by atoms with E-state index in [0.717, 1.165) is 36.3 Å². The van der Waals surface area contributed by atoms with Crippen LogP contribution in [0.15, 0.2) is 29.4 Å². The number of aromatic nitrogens is 3. The molecule has 0 saturated carbocycles. The van der Waals surface area contributed by atoms with E-state index in [1.54, 1.807) is 0 Å². The number of hydrogen-bond acceptors (Lipinski definition) is 6. The number of amides is 1. The van der Waals surface area contributed by atoms with Crippen LogP contribution in [0.5, 0.6) is 0 Å². The summed E-state index contributed by atoms with van der Waals surface area (Å²) in [6.07, 6.45) is 0.912. The van der Waals surface area contributed by atoms with Crippen molar-refractivity contribution in [2.24, 2.45) is 0 Å². The van der Waals surface area contributed by atoms with Crippen LogP contribution in [0.4, 0.5) is 5.95 Å². The number of benzene rings is 1. The minimum Gasteiger partial charge on any atom is -0.378 e. The maximum Gasteiger partial charge on any atom is 0.232 e. The highest BCUT2D eigenvalue weighted by Gasteiger charge is 2.23. The van der Waals surface area contributed by atoms with Gasteiger partial charge in [-0.25, -0.2) is 0 Å². The normalized spacial score (nSPS) is 14.6. The minimum absolute atomic E-state index is 0.00116. The topological polar surface area (TPSA) is 72.3 Å². The molecular weight excluding hydrogens is 362 g/mol. The Morgan fingerprint density at radius 2 is 2.00 bits per heavy atom. The Hall–Kier alpha value is -2.06. The number of aryl methyl sites for hydroxylation is 1. The van der Waals surface area contributed by atoms with Crippen LogP contribution in [-0.2, 0) is 16.0 Å². The molecule has 1 aliphatic rings. The molecular formula is C19H27N5O2S. The number of anilines is 1. The highest BCUT2D eigenvalue weighted by atomic mass is 32.2. The van der Waals surface area contributed by atoms with Crippen LogP contribution >= 0.6 is 11.8 Å². The predicted octanol–water partition coefficient (Wildman–Crippen LogP) is 2.28. The lowest BCUT2D eigenvalue weighted by Crippen LogP contribution is -2.38. The summed E-state index contributed by atoms with van der Waals surface area (Å²) in [4.78, 5) is 14.3. The van der Waals surface area contributed by atoms with Crippen molar-refractivity contribution >= 4 is 23.6 Å². The van der Waals surface area contributed by atoms with E-state index in [0.29, 0.717) is 19.0 Å². The maximum atomic E-state index is 12.1. The summed E-state index contributed by atoms with van der Waals surface area (Å²) in [5, 5.41) is 12.5. The van der Waals surface area contributed by atoms with Gasteiger partial charge in [-0.3, -0.25) is 9.36 Å². The van der Waals surface area contributed by atoms with Gasteiger partial charge in [0.15, 0.2) is 5.16 Å². The molecule has 27 heavy (non-hydrogen) atoms. The van der Waals surface area contributed by atoms with Crippen molar-refractivity contribution in [1.29, 1.82) is 0 Å². The summed E-state index contributed by atoms with van der Waals surface area (Å²) in [6, 6.07) is 8.41. The highest BCUT2D eigenvalue weighted by Crippen LogP contribution is 2.29. The van der Waals surface area contributed by atoms with Crippen LogP contribution in [0.25, 0.3) is 5.69 Å². The zero-order valence-electron chi connectivity index (χ0n) is 16.1. The van der Waals surface area contributed by atoms with Gasteiger partial charge in [-0.1, -0.05) is 36.9 Å². The summed E-state index contributed by atoms with van der Waals surface area (Å²) < 4.78 is 7.56. The third-order valence-corrected chi connectivity index (χ3v) is 5.23. The molecule has 7 nitrogen and oxygen atoms in total. The minimum atomic E-state index is 0.00116. The van der Waals surface area contributed by atoms with Gasteiger partial charge in [0.2, 0.25) is 11.9 Å². The number of para-hydroxylation sites is 1. The second kappa shape index (κ2) is 9.23. The van der Waals surface area contributed by atoms with Gasteiger partial charge in [-0.15, -0.1) is 10.2 Å². The number of morpholine rings is 1. The van der Waals surface area contributed by atoms with Gasteiger partial charge in [-0.2, -0.15) is 0 Å². The van der Waals surface area contributed by atoms with Crippen LogP contribution in [0.3, 0.4) is 0 Å². The van der Waals surface area contributed by atoms with E-state index in [4.69, 9.17) is 4.74 Å². The molecule has 1 saturated heterocycles. The van der Waals surface area contributed by atoms with Crippen LogP contribution in [0.1, 0.15) is 26.3 Å². The molecule has 1 aromatic heterocycles. The molecule has 0 atom stereocenters. The Balaban J connectivity index is 1.93. The summed E-state index contributed by atoms with van der Waals surface area (Å²) in [6.45, 7) is 8.98. The van der Waals surface area contributed by atoms with Crippen molar-refractivity contribution in [2.75, 3.05) is 37.0 Å². The molecule has 146 valence electrons. The third kappa shape index (κ3) is 4.81. The van der Waals surface area contributed by atoms with Crippen molar-refractivity contribution < 1.29 is 9.53 Å². The van der Waals surface area contributed by atoms with Crippen molar-refractivity contribution in [1.82, 2.24) is 20.1 Å². The van der Waals surface area contributed by atoms with Gasteiger partial charge < -0.3 is 15.0 Å². The fourth-order valence-corrected chi connectivity index (χ4v) is 3.81. The van der Waals surface area contributed by atoms with E-state index in [9.17, 15) is 4.79 Å². The molecule has 8 heteroatoms. The monoisotopic (exact) mass is 389 g/mol. The first-order chi connectivity index (χ1) is 13.1. The smallest absolute Gasteiger partial charge is 0.232 e. The standard InChI is InChI=1S/C19H27N5O2S/c1-4-15-7-5-6-8-16(15)24-18(23-9-11-26-12-10-23)21-22-19(24)27-13-17(25)20-14(2)3/h5-8,14H,4,9-13H2,1-3H3,(H,20,25). The summed E-state index contributed by atoms with van der Waals surface area (Å²) in [5.74, 6) is 1.13. The molecule has 1 fully saturated rings. The Labute approximate surface area is 164 Å². The Morgan fingerprint density at radius 3 is 2.70 bits per heavy atom. The quantitative estimate of drug-likeness (QED) is 0.733. The molecule has 2 aromatic rings. The van der Waals surface area contributed by atoms with Crippen LogP contribution in [-0.4, -0.2) is 58.8 Å². The molecule has 2 heterocycles. The molecule has 0 bridgehead atoms. The lowest BCUT2D eigenvalue weighted by molar-refractivity contribution is -0.119. The molecule has 1 amide bonds. The number of carbonyl (C=O) groups excluding carboxylic acids is 1. The van der Waals surface area contributed by atoms with Gasteiger partial charge in [0.05, 0.1) is 24.7 Å². The SMILES string of the molecule is CCc1ccccc1-n1c(SCC(=O)NC(C)C)nnc1N1CCOCC1. The molecule has 0 aliphatic carbocycles. The number of nitrogens with one attached hydrogen (secondary N) is 1. The molecule has 1 aromatic carbocycles. The zero-order chi connectivity index (χ0) is 19.2. The maximum absolute atomic E-state index is 12.1. The van der Waals surface area contributed by atoms with Crippen molar-refractivity contribution in [3.63, 3.8) is 0 Å². The third-order valence-electron chi connectivity index (χ3n) is 4.31.